The van der Waals surface area contributed by atoms with Crippen molar-refractivity contribution in [2.45, 2.75) is 0 Å². The van der Waals surface area contributed by atoms with Gasteiger partial charge in [0, 0.05) is 27.8 Å². The van der Waals surface area contributed by atoms with E-state index in [9.17, 15) is 0 Å². The van der Waals surface area contributed by atoms with Crippen LogP contribution in [-0.4, -0.2) is 19.2 Å². The highest BCUT2D eigenvalue weighted by Gasteiger charge is 2.06. The SMILES string of the molecule is Brc1ccc(-c2nsc(Nn3cccn3)n2)cc1. The fourth-order valence-corrected chi connectivity index (χ4v) is 2.26. The molecule has 0 unspecified atom stereocenters. The molecule has 90 valence electrons. The molecule has 0 bridgehead atoms. The van der Waals surface area contributed by atoms with Crippen molar-refractivity contribution in [1.82, 2.24) is 19.2 Å². The predicted molar refractivity (Wildman–Crippen MR) is 74.3 cm³/mol. The smallest absolute Gasteiger partial charge is 0.223 e. The minimum Gasteiger partial charge on any atom is -0.251 e. The Bertz CT molecular complexity index is 632. The Morgan fingerprint density at radius 3 is 2.78 bits per heavy atom. The van der Waals surface area contributed by atoms with Crippen molar-refractivity contribution in [2.24, 2.45) is 0 Å². The van der Waals surface area contributed by atoms with Crippen LogP contribution in [0.2, 0.25) is 0 Å². The van der Waals surface area contributed by atoms with E-state index in [2.05, 4.69) is 35.8 Å². The van der Waals surface area contributed by atoms with E-state index < -0.39 is 0 Å². The summed E-state index contributed by atoms with van der Waals surface area (Å²) in [6, 6.07) is 9.73. The molecule has 1 aromatic carbocycles. The molecule has 0 saturated heterocycles. The average Bonchev–Trinajstić information content (AvgIpc) is 3.02. The molecule has 2 heterocycles. The Kier molecular flexibility index (Phi) is 3.07. The summed E-state index contributed by atoms with van der Waals surface area (Å²) in [5.74, 6) is 0.710. The maximum Gasteiger partial charge on any atom is 0.223 e. The van der Waals surface area contributed by atoms with Crippen molar-refractivity contribution in [3.8, 4) is 11.4 Å². The molecule has 2 aromatic heterocycles. The van der Waals surface area contributed by atoms with E-state index >= 15 is 0 Å². The maximum absolute atomic E-state index is 4.41. The van der Waals surface area contributed by atoms with Gasteiger partial charge in [0.1, 0.15) is 0 Å². The number of aromatic nitrogens is 4. The number of hydrogen-bond acceptors (Lipinski definition) is 5. The summed E-state index contributed by atoms with van der Waals surface area (Å²) in [5, 5.41) is 4.75. The van der Waals surface area contributed by atoms with Crippen LogP contribution in [0.5, 0.6) is 0 Å². The molecule has 5 nitrogen and oxygen atoms in total. The highest BCUT2D eigenvalue weighted by Crippen LogP contribution is 2.22. The maximum atomic E-state index is 4.41. The standard InChI is InChI=1S/C11H8BrN5S/c12-9-4-2-8(3-5-9)10-14-11(18-16-10)15-17-7-1-6-13-17/h1-7H,(H,14,15,16). The zero-order valence-corrected chi connectivity index (χ0v) is 11.5. The molecule has 0 aliphatic carbocycles. The van der Waals surface area contributed by atoms with E-state index in [1.54, 1.807) is 17.2 Å². The van der Waals surface area contributed by atoms with Gasteiger partial charge < -0.3 is 0 Å². The monoisotopic (exact) mass is 321 g/mol. The van der Waals surface area contributed by atoms with E-state index in [1.165, 1.54) is 11.5 Å². The number of anilines is 1. The molecule has 7 heteroatoms. The third kappa shape index (κ3) is 2.41. The number of nitrogens with one attached hydrogen (secondary N) is 1. The summed E-state index contributed by atoms with van der Waals surface area (Å²) in [7, 11) is 0. The average molecular weight is 322 g/mol. The molecule has 18 heavy (non-hydrogen) atoms. The highest BCUT2D eigenvalue weighted by atomic mass is 79.9. The molecule has 0 radical (unpaired) electrons. The lowest BCUT2D eigenvalue weighted by molar-refractivity contribution is 0.801. The molecule has 3 rings (SSSR count). The molecule has 0 spiro atoms. The molecule has 3 aromatic rings. The number of benzene rings is 1. The van der Waals surface area contributed by atoms with Crippen LogP contribution in [0, 0.1) is 0 Å². The summed E-state index contributed by atoms with van der Waals surface area (Å²) >= 11 is 4.70. The van der Waals surface area contributed by atoms with E-state index in [0.29, 0.717) is 11.0 Å². The van der Waals surface area contributed by atoms with Crippen LogP contribution in [0.3, 0.4) is 0 Å². The number of rotatable bonds is 3. The largest absolute Gasteiger partial charge is 0.251 e. The first-order valence-corrected chi connectivity index (χ1v) is 6.74. The quantitative estimate of drug-likeness (QED) is 0.805. The van der Waals surface area contributed by atoms with Gasteiger partial charge in [-0.2, -0.15) is 19.2 Å². The zero-order valence-electron chi connectivity index (χ0n) is 9.12. The Labute approximate surface area is 116 Å². The highest BCUT2D eigenvalue weighted by molar-refractivity contribution is 9.10. The summed E-state index contributed by atoms with van der Waals surface area (Å²) in [6.07, 6.45) is 3.50. The number of halogens is 1. The molecule has 0 aliphatic heterocycles. The molecule has 0 atom stereocenters. The Morgan fingerprint density at radius 1 is 1.22 bits per heavy atom. The minimum atomic E-state index is 0.705. The number of nitrogens with zero attached hydrogens (tertiary/aromatic N) is 4. The Balaban J connectivity index is 1.83. The summed E-state index contributed by atoms with van der Waals surface area (Å²) < 4.78 is 5.35. The van der Waals surface area contributed by atoms with Gasteiger partial charge in [0.05, 0.1) is 6.20 Å². The van der Waals surface area contributed by atoms with Crippen LogP contribution in [-0.2, 0) is 0 Å². The molecular weight excluding hydrogens is 314 g/mol. The topological polar surface area (TPSA) is 55.6 Å². The first-order chi connectivity index (χ1) is 8.81. The van der Waals surface area contributed by atoms with E-state index in [0.717, 1.165) is 10.0 Å². The van der Waals surface area contributed by atoms with E-state index in [4.69, 9.17) is 0 Å². The van der Waals surface area contributed by atoms with Crippen molar-refractivity contribution in [2.75, 3.05) is 5.43 Å². The van der Waals surface area contributed by atoms with Crippen molar-refractivity contribution < 1.29 is 0 Å². The first-order valence-electron chi connectivity index (χ1n) is 5.17. The van der Waals surface area contributed by atoms with Gasteiger partial charge in [-0.3, -0.25) is 5.43 Å². The van der Waals surface area contributed by atoms with Gasteiger partial charge in [-0.1, -0.05) is 28.1 Å². The van der Waals surface area contributed by atoms with Crippen LogP contribution >= 0.6 is 27.5 Å². The van der Waals surface area contributed by atoms with Gasteiger partial charge in [0.25, 0.3) is 0 Å². The van der Waals surface area contributed by atoms with Crippen molar-refractivity contribution in [3.05, 3.63) is 47.2 Å². The van der Waals surface area contributed by atoms with E-state index in [1.807, 2.05) is 30.3 Å². The summed E-state index contributed by atoms with van der Waals surface area (Å²) in [5.41, 5.74) is 4.02. The molecular formula is C11H8BrN5S. The van der Waals surface area contributed by atoms with Crippen molar-refractivity contribution >= 4 is 32.6 Å². The number of hydrogen-bond donors (Lipinski definition) is 1. The fourth-order valence-electron chi connectivity index (χ4n) is 1.42. The van der Waals surface area contributed by atoms with Gasteiger partial charge in [-0.15, -0.1) is 0 Å². The van der Waals surface area contributed by atoms with Gasteiger partial charge in [0.2, 0.25) is 5.13 Å². The predicted octanol–water partition coefficient (Wildman–Crippen LogP) is 3.04. The summed E-state index contributed by atoms with van der Waals surface area (Å²) in [4.78, 5) is 5.99. The second kappa shape index (κ2) is 4.87. The molecule has 0 amide bonds. The van der Waals surface area contributed by atoms with Crippen LogP contribution in [0.1, 0.15) is 0 Å². The lowest BCUT2D eigenvalue weighted by Gasteiger charge is -1.99. The zero-order chi connectivity index (χ0) is 12.4. The van der Waals surface area contributed by atoms with Gasteiger partial charge in [-0.05, 0) is 18.2 Å². The van der Waals surface area contributed by atoms with Crippen LogP contribution in [0.4, 0.5) is 5.13 Å². The third-order valence-electron chi connectivity index (χ3n) is 2.24. The molecule has 0 aliphatic rings. The van der Waals surface area contributed by atoms with Crippen LogP contribution in [0.15, 0.2) is 47.2 Å². The summed E-state index contributed by atoms with van der Waals surface area (Å²) in [6.45, 7) is 0. The van der Waals surface area contributed by atoms with Crippen LogP contribution in [0.25, 0.3) is 11.4 Å². The molecule has 0 fully saturated rings. The molecule has 1 N–H and O–H groups in total. The third-order valence-corrected chi connectivity index (χ3v) is 3.39. The first kappa shape index (κ1) is 11.4. The van der Waals surface area contributed by atoms with Gasteiger partial charge in [-0.25, -0.2) is 0 Å². The van der Waals surface area contributed by atoms with Crippen molar-refractivity contribution in [1.29, 1.82) is 0 Å². The van der Waals surface area contributed by atoms with Gasteiger partial charge in [0.15, 0.2) is 5.82 Å². The Morgan fingerprint density at radius 2 is 2.06 bits per heavy atom. The van der Waals surface area contributed by atoms with E-state index in [-0.39, 0.29) is 0 Å². The fraction of sp³-hybridized carbons (Fsp3) is 0. The lowest BCUT2D eigenvalue weighted by Crippen LogP contribution is -2.08. The van der Waals surface area contributed by atoms with Crippen molar-refractivity contribution in [3.63, 3.8) is 0 Å². The normalized spacial score (nSPS) is 10.5. The lowest BCUT2D eigenvalue weighted by atomic mass is 10.2. The Hall–Kier alpha value is -1.73. The molecule has 0 saturated carbocycles. The second-order valence-electron chi connectivity index (χ2n) is 3.49. The van der Waals surface area contributed by atoms with Gasteiger partial charge >= 0.3 is 0 Å². The van der Waals surface area contributed by atoms with Crippen LogP contribution < -0.4 is 5.43 Å². The minimum absolute atomic E-state index is 0.705. The second-order valence-corrected chi connectivity index (χ2v) is 5.16.